The van der Waals surface area contributed by atoms with Gasteiger partial charge < -0.3 is 20.7 Å². The van der Waals surface area contributed by atoms with Crippen molar-refractivity contribution in [1.29, 1.82) is 0 Å². The zero-order valence-electron chi connectivity index (χ0n) is 17.7. The van der Waals surface area contributed by atoms with Gasteiger partial charge in [-0.15, -0.1) is 0 Å². The first-order chi connectivity index (χ1) is 15.3. The van der Waals surface area contributed by atoms with Gasteiger partial charge in [-0.3, -0.25) is 4.79 Å². The van der Waals surface area contributed by atoms with Crippen LogP contribution in [-0.2, 0) is 9.53 Å². The third-order valence-electron chi connectivity index (χ3n) is 5.66. The Hall–Kier alpha value is -3.11. The van der Waals surface area contributed by atoms with Crippen molar-refractivity contribution in [3.05, 3.63) is 41.6 Å². The van der Waals surface area contributed by atoms with Gasteiger partial charge in [0.25, 0.3) is 0 Å². The molecule has 0 radical (unpaired) electrons. The summed E-state index contributed by atoms with van der Waals surface area (Å²) in [6.07, 6.45) is 4.27. The molecule has 2 aromatic heterocycles. The molecule has 32 heavy (non-hydrogen) atoms. The van der Waals surface area contributed by atoms with Crippen molar-refractivity contribution in [3.63, 3.8) is 0 Å². The number of nitrogens with zero attached hydrogens (tertiary/aromatic N) is 5. The van der Waals surface area contributed by atoms with E-state index in [0.29, 0.717) is 47.9 Å². The monoisotopic (exact) mass is 459 g/mol. The zero-order chi connectivity index (χ0) is 22.9. The molecule has 0 aliphatic carbocycles. The van der Waals surface area contributed by atoms with Gasteiger partial charge in [-0.05, 0) is 36.5 Å². The van der Waals surface area contributed by atoms with Gasteiger partial charge in [-0.2, -0.15) is 0 Å². The number of hydrogen-bond donors (Lipinski definition) is 2. The second kappa shape index (κ2) is 8.79. The molecule has 0 spiro atoms. The fourth-order valence-electron chi connectivity index (χ4n) is 3.89. The van der Waals surface area contributed by atoms with E-state index in [4.69, 9.17) is 22.1 Å². The molecule has 4 rings (SSSR count). The van der Waals surface area contributed by atoms with Gasteiger partial charge in [0.2, 0.25) is 5.95 Å². The van der Waals surface area contributed by atoms with E-state index in [1.165, 1.54) is 25.6 Å². The molecule has 11 heteroatoms. The molecular formula is C21H23ClFN7O2. The molecule has 9 nitrogen and oxygen atoms in total. The molecule has 1 fully saturated rings. The lowest BCUT2D eigenvalue weighted by Crippen LogP contribution is -2.52. The van der Waals surface area contributed by atoms with Gasteiger partial charge in [-0.1, -0.05) is 18.5 Å². The highest BCUT2D eigenvalue weighted by Gasteiger charge is 2.37. The summed E-state index contributed by atoms with van der Waals surface area (Å²) < 4.78 is 18.3. The number of esters is 1. The number of aromatic nitrogens is 4. The number of hydrogen-bond acceptors (Lipinski definition) is 9. The number of benzene rings is 1. The van der Waals surface area contributed by atoms with Gasteiger partial charge in [0.05, 0.1) is 30.9 Å². The van der Waals surface area contributed by atoms with Crippen LogP contribution >= 0.6 is 11.6 Å². The van der Waals surface area contributed by atoms with Gasteiger partial charge in [0.15, 0.2) is 5.82 Å². The normalized spacial score (nSPS) is 20.9. The van der Waals surface area contributed by atoms with Gasteiger partial charge in [0, 0.05) is 12.2 Å². The molecule has 168 valence electrons. The third-order valence-corrected chi connectivity index (χ3v) is 5.95. The van der Waals surface area contributed by atoms with E-state index >= 15 is 0 Å². The molecule has 3 aromatic rings. The van der Waals surface area contributed by atoms with Crippen LogP contribution in [0.5, 0.6) is 0 Å². The Bertz CT molecular complexity index is 1160. The van der Waals surface area contributed by atoms with Crippen molar-refractivity contribution >= 4 is 46.1 Å². The fraction of sp³-hybridized carbons (Fsp3) is 0.381. The summed E-state index contributed by atoms with van der Waals surface area (Å²) in [4.78, 5) is 31.3. The number of carbonyl (C=O) groups is 1. The molecule has 1 aliphatic heterocycles. The van der Waals surface area contributed by atoms with Crippen LogP contribution in [0.1, 0.15) is 26.2 Å². The number of carbonyl (C=O) groups excluding carboxylic acids is 1. The summed E-state index contributed by atoms with van der Waals surface area (Å²) in [6.45, 7) is 2.62. The maximum absolute atomic E-state index is 13.5. The molecule has 0 amide bonds. The number of rotatable bonds is 5. The predicted octanol–water partition coefficient (Wildman–Crippen LogP) is 3.41. The molecular weight excluding hydrogens is 437 g/mol. The van der Waals surface area contributed by atoms with Crippen molar-refractivity contribution in [2.24, 2.45) is 11.1 Å². The van der Waals surface area contributed by atoms with Gasteiger partial charge in [0.1, 0.15) is 23.2 Å². The number of piperidine rings is 1. The first kappa shape index (κ1) is 22.1. The van der Waals surface area contributed by atoms with Gasteiger partial charge in [-0.25, -0.2) is 24.3 Å². The van der Waals surface area contributed by atoms with Crippen molar-refractivity contribution in [2.75, 3.05) is 23.9 Å². The predicted molar refractivity (Wildman–Crippen MR) is 119 cm³/mol. The second-order valence-electron chi connectivity index (χ2n) is 8.16. The Morgan fingerprint density at radius 1 is 1.41 bits per heavy atom. The third kappa shape index (κ3) is 4.56. The van der Waals surface area contributed by atoms with Crippen LogP contribution in [0.4, 0.5) is 21.8 Å². The fourth-order valence-corrected chi connectivity index (χ4v) is 4.07. The lowest BCUT2D eigenvalue weighted by molar-refractivity contribution is -0.143. The summed E-state index contributed by atoms with van der Waals surface area (Å²) in [5.74, 6) is 0.124. The Balaban J connectivity index is 1.60. The smallest absolute Gasteiger partial charge is 0.306 e. The van der Waals surface area contributed by atoms with E-state index in [0.717, 1.165) is 6.42 Å². The van der Waals surface area contributed by atoms with Crippen molar-refractivity contribution in [3.8, 4) is 0 Å². The Labute approximate surface area is 189 Å². The van der Waals surface area contributed by atoms with Crippen molar-refractivity contribution in [1.82, 2.24) is 19.9 Å². The maximum atomic E-state index is 13.5. The summed E-state index contributed by atoms with van der Waals surface area (Å²) in [7, 11) is 1.39. The number of methoxy groups -OCH3 is 1. The van der Waals surface area contributed by atoms with E-state index in [9.17, 15) is 9.18 Å². The Kier molecular flexibility index (Phi) is 6.07. The summed E-state index contributed by atoms with van der Waals surface area (Å²) in [6, 6.07) is 4.29. The highest BCUT2D eigenvalue weighted by Crippen LogP contribution is 2.38. The lowest BCUT2D eigenvalue weighted by atomic mass is 9.76. The number of fused-ring (bicyclic) bond motifs is 1. The molecule has 2 unspecified atom stereocenters. The van der Waals surface area contributed by atoms with E-state index < -0.39 is 5.82 Å². The number of anilines is 3. The Morgan fingerprint density at radius 2 is 2.22 bits per heavy atom. The lowest BCUT2D eigenvalue weighted by Gasteiger charge is -2.43. The van der Waals surface area contributed by atoms with Crippen molar-refractivity contribution in [2.45, 2.75) is 32.4 Å². The quantitative estimate of drug-likeness (QED) is 0.553. The minimum atomic E-state index is -0.507. The summed E-state index contributed by atoms with van der Waals surface area (Å²) in [5, 5.41) is 3.10. The van der Waals surface area contributed by atoms with Crippen LogP contribution in [0.25, 0.3) is 11.0 Å². The van der Waals surface area contributed by atoms with Crippen LogP contribution < -0.4 is 16.0 Å². The minimum absolute atomic E-state index is 0.00188. The largest absolute Gasteiger partial charge is 0.469 e. The molecule has 1 saturated heterocycles. The van der Waals surface area contributed by atoms with E-state index in [1.54, 1.807) is 12.3 Å². The van der Waals surface area contributed by atoms with Crippen LogP contribution in [-0.4, -0.2) is 45.7 Å². The SMILES string of the molecule is COC(=O)CC1(C)CCN(c2ncc3ncnc(Nc4ccc(F)c(Cl)c4)c3n2)C(N)C1. The molecule has 3 N–H and O–H groups in total. The number of nitrogens with two attached hydrogens (primary N) is 1. The van der Waals surface area contributed by atoms with Crippen molar-refractivity contribution < 1.29 is 13.9 Å². The summed E-state index contributed by atoms with van der Waals surface area (Å²) in [5.41, 5.74) is 7.78. The van der Waals surface area contributed by atoms with Crippen LogP contribution in [0.15, 0.2) is 30.7 Å². The molecule has 2 atom stereocenters. The second-order valence-corrected chi connectivity index (χ2v) is 8.57. The Morgan fingerprint density at radius 3 is 2.94 bits per heavy atom. The standard InChI is InChI=1S/C21H23ClFN7O2/c1-21(9-17(31)32-2)5-6-30(16(24)8-21)20-25-10-15-18(29-20)19(27-11-26-15)28-12-3-4-14(23)13(22)7-12/h3-4,7,10-11,16H,5-6,8-9,24H2,1-2H3,(H,26,27,28). The van der Waals surface area contributed by atoms with E-state index in [1.807, 2.05) is 11.8 Å². The zero-order valence-corrected chi connectivity index (χ0v) is 18.4. The number of nitrogens with one attached hydrogen (secondary N) is 1. The highest BCUT2D eigenvalue weighted by atomic mass is 35.5. The van der Waals surface area contributed by atoms with E-state index in [-0.39, 0.29) is 22.6 Å². The molecule has 0 bridgehead atoms. The topological polar surface area (TPSA) is 119 Å². The maximum Gasteiger partial charge on any atom is 0.306 e. The summed E-state index contributed by atoms with van der Waals surface area (Å²) >= 11 is 5.88. The van der Waals surface area contributed by atoms with Crippen LogP contribution in [0, 0.1) is 11.2 Å². The van der Waals surface area contributed by atoms with Crippen LogP contribution in [0.2, 0.25) is 5.02 Å². The molecule has 0 saturated carbocycles. The molecule has 1 aliphatic rings. The van der Waals surface area contributed by atoms with E-state index in [2.05, 4.69) is 25.3 Å². The first-order valence-electron chi connectivity index (χ1n) is 10.1. The first-order valence-corrected chi connectivity index (χ1v) is 10.4. The number of halogens is 2. The highest BCUT2D eigenvalue weighted by molar-refractivity contribution is 6.31. The van der Waals surface area contributed by atoms with Crippen LogP contribution in [0.3, 0.4) is 0 Å². The molecule has 1 aromatic carbocycles. The molecule has 3 heterocycles. The van der Waals surface area contributed by atoms with Gasteiger partial charge >= 0.3 is 5.97 Å². The average molecular weight is 460 g/mol. The minimum Gasteiger partial charge on any atom is -0.469 e. The average Bonchev–Trinajstić information content (AvgIpc) is 2.76. The number of ether oxygens (including phenoxy) is 1.